The fourth-order valence-electron chi connectivity index (χ4n) is 3.06. The Hall–Kier alpha value is -0.810. The van der Waals surface area contributed by atoms with Crippen molar-refractivity contribution in [3.63, 3.8) is 0 Å². The molecule has 2 aliphatic rings. The zero-order valence-corrected chi connectivity index (χ0v) is 14.1. The van der Waals surface area contributed by atoms with E-state index in [1.54, 1.807) is 0 Å². The van der Waals surface area contributed by atoms with E-state index in [1.165, 1.54) is 64.2 Å². The standard InChI is InChI=1S/C18H26O3S/c19-22(20-15-7-13-17-9-3-1-4-10-17)21-16-8-14-18-11-5-2-6-12-18/h17-18H,1-6,9-12,15-16H2. The summed E-state index contributed by atoms with van der Waals surface area (Å²) in [5.41, 5.74) is 0. The van der Waals surface area contributed by atoms with Crippen molar-refractivity contribution in [2.75, 3.05) is 13.2 Å². The van der Waals surface area contributed by atoms with Gasteiger partial charge in [0, 0.05) is 11.8 Å². The summed E-state index contributed by atoms with van der Waals surface area (Å²) in [5.74, 6) is 13.3. The van der Waals surface area contributed by atoms with Gasteiger partial charge in [-0.25, -0.2) is 0 Å². The van der Waals surface area contributed by atoms with Crippen LogP contribution < -0.4 is 0 Å². The highest BCUT2D eigenvalue weighted by Crippen LogP contribution is 2.23. The average Bonchev–Trinajstić information content (AvgIpc) is 2.57. The van der Waals surface area contributed by atoms with Crippen LogP contribution >= 0.6 is 0 Å². The molecule has 2 fully saturated rings. The van der Waals surface area contributed by atoms with Gasteiger partial charge >= 0.3 is 11.4 Å². The van der Waals surface area contributed by atoms with Crippen LogP contribution in [0, 0.1) is 35.5 Å². The van der Waals surface area contributed by atoms with Gasteiger partial charge in [-0.2, -0.15) is 4.21 Å². The maximum Gasteiger partial charge on any atom is 0.306 e. The van der Waals surface area contributed by atoms with E-state index in [4.69, 9.17) is 8.37 Å². The molecule has 3 nitrogen and oxygen atoms in total. The molecule has 2 aliphatic carbocycles. The van der Waals surface area contributed by atoms with Crippen molar-refractivity contribution in [1.29, 1.82) is 0 Å². The molecule has 0 heterocycles. The Labute approximate surface area is 137 Å². The van der Waals surface area contributed by atoms with E-state index in [-0.39, 0.29) is 13.2 Å². The topological polar surface area (TPSA) is 35.5 Å². The maximum atomic E-state index is 11.5. The van der Waals surface area contributed by atoms with Gasteiger partial charge in [-0.3, -0.25) is 8.37 Å². The van der Waals surface area contributed by atoms with Crippen LogP contribution in [0.15, 0.2) is 0 Å². The minimum atomic E-state index is -1.74. The SMILES string of the molecule is O=S(OCC#CC1CCCCC1)OCC#CC1CCCCC1. The molecular formula is C18H26O3S. The molecule has 0 aromatic carbocycles. The monoisotopic (exact) mass is 322 g/mol. The van der Waals surface area contributed by atoms with Gasteiger partial charge in [0.25, 0.3) is 0 Å². The van der Waals surface area contributed by atoms with Gasteiger partial charge in [0.05, 0.1) is 0 Å². The summed E-state index contributed by atoms with van der Waals surface area (Å²) in [7, 11) is 0. The van der Waals surface area contributed by atoms with Crippen LogP contribution in [-0.4, -0.2) is 17.4 Å². The Morgan fingerprint density at radius 3 is 1.55 bits per heavy atom. The Bertz CT molecular complexity index is 412. The molecule has 22 heavy (non-hydrogen) atoms. The normalized spacial score (nSPS) is 20.0. The summed E-state index contributed by atoms with van der Waals surface area (Å²) in [6, 6.07) is 0. The zero-order chi connectivity index (χ0) is 15.5. The minimum Gasteiger partial charge on any atom is -0.255 e. The van der Waals surface area contributed by atoms with E-state index in [2.05, 4.69) is 23.7 Å². The third-order valence-electron chi connectivity index (χ3n) is 4.28. The lowest BCUT2D eigenvalue weighted by Crippen LogP contribution is -2.06. The van der Waals surface area contributed by atoms with Gasteiger partial charge in [-0.15, -0.1) is 0 Å². The van der Waals surface area contributed by atoms with Crippen molar-refractivity contribution in [3.05, 3.63) is 0 Å². The first-order chi connectivity index (χ1) is 10.8. The molecule has 4 heteroatoms. The molecular weight excluding hydrogens is 296 g/mol. The quantitative estimate of drug-likeness (QED) is 0.739. The summed E-state index contributed by atoms with van der Waals surface area (Å²) in [6.45, 7) is 0.332. The Morgan fingerprint density at radius 1 is 0.727 bits per heavy atom. The lowest BCUT2D eigenvalue weighted by molar-refractivity contribution is 0.294. The van der Waals surface area contributed by atoms with E-state index >= 15 is 0 Å². The molecule has 0 unspecified atom stereocenters. The number of rotatable bonds is 4. The van der Waals surface area contributed by atoms with E-state index in [0.29, 0.717) is 11.8 Å². The van der Waals surface area contributed by atoms with Crippen LogP contribution in [0.5, 0.6) is 0 Å². The number of hydrogen-bond acceptors (Lipinski definition) is 3. The average molecular weight is 322 g/mol. The van der Waals surface area contributed by atoms with Crippen molar-refractivity contribution >= 4 is 11.4 Å². The van der Waals surface area contributed by atoms with Crippen LogP contribution in [0.1, 0.15) is 64.2 Å². The second-order valence-corrected chi connectivity index (χ2v) is 6.92. The lowest BCUT2D eigenvalue weighted by Gasteiger charge is -2.15. The molecule has 0 aromatic heterocycles. The minimum absolute atomic E-state index is 0.166. The molecule has 0 atom stereocenters. The Kier molecular flexibility index (Phi) is 8.64. The summed E-state index contributed by atoms with van der Waals surface area (Å²) in [5, 5.41) is 0. The molecule has 0 radical (unpaired) electrons. The molecule has 0 aliphatic heterocycles. The number of hydrogen-bond donors (Lipinski definition) is 0. The van der Waals surface area contributed by atoms with Crippen LogP contribution in [0.25, 0.3) is 0 Å². The van der Waals surface area contributed by atoms with Crippen LogP contribution in [-0.2, 0) is 19.7 Å². The summed E-state index contributed by atoms with van der Waals surface area (Å²) in [6.07, 6.45) is 12.5. The first kappa shape index (κ1) is 17.5. The van der Waals surface area contributed by atoms with E-state index in [9.17, 15) is 4.21 Å². The van der Waals surface area contributed by atoms with Gasteiger partial charge in [0.2, 0.25) is 0 Å². The predicted molar refractivity (Wildman–Crippen MR) is 88.7 cm³/mol. The predicted octanol–water partition coefficient (Wildman–Crippen LogP) is 3.77. The molecule has 2 saturated carbocycles. The third-order valence-corrected chi connectivity index (χ3v) is 4.90. The summed E-state index contributed by atoms with van der Waals surface area (Å²) in [4.78, 5) is 0. The molecule has 0 saturated heterocycles. The van der Waals surface area contributed by atoms with E-state index < -0.39 is 11.4 Å². The molecule has 0 spiro atoms. The smallest absolute Gasteiger partial charge is 0.255 e. The second-order valence-electron chi connectivity index (χ2n) is 6.04. The van der Waals surface area contributed by atoms with Crippen molar-refractivity contribution in [3.8, 4) is 23.7 Å². The van der Waals surface area contributed by atoms with Gasteiger partial charge in [0.1, 0.15) is 13.2 Å². The van der Waals surface area contributed by atoms with Crippen molar-refractivity contribution in [2.24, 2.45) is 11.8 Å². The van der Waals surface area contributed by atoms with Gasteiger partial charge in [-0.1, -0.05) is 62.2 Å². The molecule has 0 amide bonds. The fourth-order valence-corrected chi connectivity index (χ4v) is 3.43. The van der Waals surface area contributed by atoms with Gasteiger partial charge in [-0.05, 0) is 25.7 Å². The first-order valence-corrected chi connectivity index (χ1v) is 9.49. The highest BCUT2D eigenvalue weighted by Gasteiger charge is 2.10. The molecule has 0 bridgehead atoms. The van der Waals surface area contributed by atoms with Crippen LogP contribution in [0.2, 0.25) is 0 Å². The van der Waals surface area contributed by atoms with E-state index in [0.717, 1.165) is 0 Å². The summed E-state index contributed by atoms with van der Waals surface area (Å²) < 4.78 is 21.5. The molecule has 0 N–H and O–H groups in total. The molecule has 2 rings (SSSR count). The highest BCUT2D eigenvalue weighted by atomic mass is 32.2. The third kappa shape index (κ3) is 7.45. The van der Waals surface area contributed by atoms with Crippen molar-refractivity contribution in [1.82, 2.24) is 0 Å². The van der Waals surface area contributed by atoms with Gasteiger partial charge in [0.15, 0.2) is 0 Å². The largest absolute Gasteiger partial charge is 0.306 e. The highest BCUT2D eigenvalue weighted by molar-refractivity contribution is 7.75. The fraction of sp³-hybridized carbons (Fsp3) is 0.778. The Balaban J connectivity index is 1.54. The van der Waals surface area contributed by atoms with Crippen molar-refractivity contribution < 1.29 is 12.6 Å². The maximum absolute atomic E-state index is 11.5. The molecule has 0 aromatic rings. The Morgan fingerprint density at radius 2 is 1.14 bits per heavy atom. The zero-order valence-electron chi connectivity index (χ0n) is 13.3. The van der Waals surface area contributed by atoms with Gasteiger partial charge < -0.3 is 0 Å². The second kappa shape index (κ2) is 10.8. The van der Waals surface area contributed by atoms with Crippen LogP contribution in [0.4, 0.5) is 0 Å². The first-order valence-electron chi connectivity index (χ1n) is 8.49. The lowest BCUT2D eigenvalue weighted by atomic mass is 9.90. The summed E-state index contributed by atoms with van der Waals surface area (Å²) >= 11 is -1.74. The van der Waals surface area contributed by atoms with Crippen LogP contribution in [0.3, 0.4) is 0 Å². The van der Waals surface area contributed by atoms with E-state index in [1.807, 2.05) is 0 Å². The molecule has 122 valence electrons. The van der Waals surface area contributed by atoms with Crippen molar-refractivity contribution in [2.45, 2.75) is 64.2 Å².